The third kappa shape index (κ3) is 5.06. The SMILES string of the molecule is CCC(CC)OC(=O)C1(C)C=CC=C(/C=C/C(=O)O)C=C1. The summed E-state index contributed by atoms with van der Waals surface area (Å²) in [6.07, 6.45) is 12.8. The second-order valence-corrected chi connectivity index (χ2v) is 5.16. The van der Waals surface area contributed by atoms with Crippen molar-refractivity contribution in [2.75, 3.05) is 0 Å². The van der Waals surface area contributed by atoms with Crippen LogP contribution in [0.4, 0.5) is 0 Å². The molecule has 0 heterocycles. The maximum absolute atomic E-state index is 12.3. The van der Waals surface area contributed by atoms with Gasteiger partial charge in [0.25, 0.3) is 0 Å². The van der Waals surface area contributed by atoms with Gasteiger partial charge in [-0.2, -0.15) is 0 Å². The topological polar surface area (TPSA) is 63.6 Å². The molecule has 1 aliphatic rings. The van der Waals surface area contributed by atoms with Gasteiger partial charge in [-0.3, -0.25) is 4.79 Å². The minimum Gasteiger partial charge on any atom is -0.478 e. The molecule has 4 nitrogen and oxygen atoms in total. The molecule has 21 heavy (non-hydrogen) atoms. The number of ether oxygens (including phenoxy) is 1. The summed E-state index contributed by atoms with van der Waals surface area (Å²) in [5.41, 5.74) is -0.120. The number of hydrogen-bond acceptors (Lipinski definition) is 3. The Labute approximate surface area is 125 Å². The van der Waals surface area contributed by atoms with Crippen molar-refractivity contribution in [3.05, 3.63) is 48.1 Å². The molecular formula is C17H22O4. The lowest BCUT2D eigenvalue weighted by atomic mass is 9.90. The number of carboxylic acids is 1. The van der Waals surface area contributed by atoms with E-state index in [-0.39, 0.29) is 12.1 Å². The molecule has 0 amide bonds. The second-order valence-electron chi connectivity index (χ2n) is 5.16. The van der Waals surface area contributed by atoms with E-state index in [0.29, 0.717) is 5.57 Å². The van der Waals surface area contributed by atoms with Crippen LogP contribution in [0.25, 0.3) is 0 Å². The summed E-state index contributed by atoms with van der Waals surface area (Å²) in [5, 5.41) is 8.63. The predicted octanol–water partition coefficient (Wildman–Crippen LogP) is 3.42. The molecule has 1 aliphatic carbocycles. The molecule has 0 radical (unpaired) electrons. The summed E-state index contributed by atoms with van der Waals surface area (Å²) >= 11 is 0. The van der Waals surface area contributed by atoms with Crippen LogP contribution in [0.2, 0.25) is 0 Å². The Balaban J connectivity index is 2.84. The van der Waals surface area contributed by atoms with E-state index >= 15 is 0 Å². The number of allylic oxidation sites excluding steroid dienone is 5. The molecule has 0 aromatic heterocycles. The summed E-state index contributed by atoms with van der Waals surface area (Å²) in [4.78, 5) is 22.8. The lowest BCUT2D eigenvalue weighted by Crippen LogP contribution is -2.29. The molecular weight excluding hydrogens is 268 g/mol. The maximum atomic E-state index is 12.3. The van der Waals surface area contributed by atoms with Gasteiger partial charge >= 0.3 is 11.9 Å². The molecule has 1 rings (SSSR count). The number of hydrogen-bond donors (Lipinski definition) is 1. The number of rotatable bonds is 6. The second kappa shape index (κ2) is 7.62. The summed E-state index contributed by atoms with van der Waals surface area (Å²) in [6, 6.07) is 0. The molecule has 0 saturated carbocycles. The van der Waals surface area contributed by atoms with Gasteiger partial charge in [-0.15, -0.1) is 0 Å². The fraction of sp³-hybridized carbons (Fsp3) is 0.412. The highest BCUT2D eigenvalue weighted by Gasteiger charge is 2.31. The van der Waals surface area contributed by atoms with Crippen molar-refractivity contribution in [3.8, 4) is 0 Å². The third-order valence-corrected chi connectivity index (χ3v) is 3.40. The van der Waals surface area contributed by atoms with Crippen molar-refractivity contribution >= 4 is 11.9 Å². The van der Waals surface area contributed by atoms with Gasteiger partial charge in [-0.25, -0.2) is 4.79 Å². The van der Waals surface area contributed by atoms with Crippen LogP contribution < -0.4 is 0 Å². The van der Waals surface area contributed by atoms with Crippen LogP contribution in [0.5, 0.6) is 0 Å². The average molecular weight is 290 g/mol. The van der Waals surface area contributed by atoms with Crippen molar-refractivity contribution < 1.29 is 19.4 Å². The monoisotopic (exact) mass is 290 g/mol. The van der Waals surface area contributed by atoms with Crippen molar-refractivity contribution in [2.45, 2.75) is 39.7 Å². The summed E-state index contributed by atoms with van der Waals surface area (Å²) in [6.45, 7) is 5.75. The first-order valence-electron chi connectivity index (χ1n) is 7.12. The van der Waals surface area contributed by atoms with E-state index in [0.717, 1.165) is 18.9 Å². The molecule has 0 spiro atoms. The van der Waals surface area contributed by atoms with Crippen LogP contribution in [0.1, 0.15) is 33.6 Å². The molecule has 1 unspecified atom stereocenters. The van der Waals surface area contributed by atoms with Gasteiger partial charge in [-0.1, -0.05) is 44.2 Å². The van der Waals surface area contributed by atoms with E-state index in [1.54, 1.807) is 37.3 Å². The zero-order valence-electron chi connectivity index (χ0n) is 12.7. The molecule has 1 N–H and O–H groups in total. The Morgan fingerprint density at radius 3 is 2.57 bits per heavy atom. The van der Waals surface area contributed by atoms with Gasteiger partial charge in [0.15, 0.2) is 0 Å². The smallest absolute Gasteiger partial charge is 0.328 e. The number of carbonyl (C=O) groups excluding carboxylic acids is 1. The molecule has 0 aliphatic heterocycles. The van der Waals surface area contributed by atoms with Crippen LogP contribution in [-0.4, -0.2) is 23.1 Å². The summed E-state index contributed by atoms with van der Waals surface area (Å²) < 4.78 is 5.50. The Morgan fingerprint density at radius 1 is 1.33 bits per heavy atom. The minimum atomic E-state index is -1.01. The highest BCUT2D eigenvalue weighted by Crippen LogP contribution is 2.27. The first-order chi connectivity index (χ1) is 9.91. The van der Waals surface area contributed by atoms with Gasteiger partial charge < -0.3 is 9.84 Å². The Bertz CT molecular complexity index is 507. The summed E-state index contributed by atoms with van der Waals surface area (Å²) in [5.74, 6) is -1.30. The maximum Gasteiger partial charge on any atom is 0.328 e. The van der Waals surface area contributed by atoms with E-state index in [9.17, 15) is 9.59 Å². The Kier molecular flexibility index (Phi) is 6.15. The van der Waals surface area contributed by atoms with E-state index in [1.807, 2.05) is 13.8 Å². The molecule has 0 aromatic carbocycles. The number of aliphatic carboxylic acids is 1. The number of carbonyl (C=O) groups is 2. The van der Waals surface area contributed by atoms with Crippen LogP contribution >= 0.6 is 0 Å². The van der Waals surface area contributed by atoms with Gasteiger partial charge in [-0.05, 0) is 31.4 Å². The quantitative estimate of drug-likeness (QED) is 0.601. The molecule has 1 atom stereocenters. The van der Waals surface area contributed by atoms with Gasteiger partial charge in [0.1, 0.15) is 11.5 Å². The van der Waals surface area contributed by atoms with Crippen molar-refractivity contribution in [2.24, 2.45) is 5.41 Å². The standard InChI is InChI=1S/C17H22O4/c1-4-14(5-2)21-16(20)17(3)11-6-7-13(10-12-17)8-9-15(18)19/h6-12,14H,4-5H2,1-3H3,(H,18,19)/b9-8+. The minimum absolute atomic E-state index is 0.0706. The van der Waals surface area contributed by atoms with Crippen molar-refractivity contribution in [3.63, 3.8) is 0 Å². The van der Waals surface area contributed by atoms with Gasteiger partial charge in [0.2, 0.25) is 0 Å². The van der Waals surface area contributed by atoms with Crippen LogP contribution in [-0.2, 0) is 14.3 Å². The van der Waals surface area contributed by atoms with E-state index in [1.165, 1.54) is 6.08 Å². The third-order valence-electron chi connectivity index (χ3n) is 3.40. The normalized spacial score (nSPS) is 21.4. The number of carboxylic acid groups (broad SMARTS) is 1. The lowest BCUT2D eigenvalue weighted by molar-refractivity contribution is -0.155. The first-order valence-corrected chi connectivity index (χ1v) is 7.12. The van der Waals surface area contributed by atoms with Gasteiger partial charge in [0.05, 0.1) is 0 Å². The van der Waals surface area contributed by atoms with Gasteiger partial charge in [0, 0.05) is 6.08 Å². The van der Waals surface area contributed by atoms with Crippen molar-refractivity contribution in [1.29, 1.82) is 0 Å². The largest absolute Gasteiger partial charge is 0.478 e. The zero-order valence-corrected chi connectivity index (χ0v) is 12.7. The average Bonchev–Trinajstić information content (AvgIpc) is 2.65. The fourth-order valence-corrected chi connectivity index (χ4v) is 1.89. The van der Waals surface area contributed by atoms with Crippen LogP contribution in [0, 0.1) is 5.41 Å². The highest BCUT2D eigenvalue weighted by atomic mass is 16.5. The molecule has 0 fully saturated rings. The highest BCUT2D eigenvalue weighted by molar-refractivity contribution is 5.82. The summed E-state index contributed by atoms with van der Waals surface area (Å²) in [7, 11) is 0. The predicted molar refractivity (Wildman–Crippen MR) is 81.7 cm³/mol. The molecule has 0 bridgehead atoms. The molecule has 0 saturated heterocycles. The molecule has 4 heteroatoms. The van der Waals surface area contributed by atoms with Crippen molar-refractivity contribution in [1.82, 2.24) is 0 Å². The van der Waals surface area contributed by atoms with E-state index in [2.05, 4.69) is 0 Å². The Morgan fingerprint density at radius 2 is 2.00 bits per heavy atom. The molecule has 0 aromatic rings. The zero-order chi connectivity index (χ0) is 15.9. The van der Waals surface area contributed by atoms with E-state index in [4.69, 9.17) is 9.84 Å². The fourth-order valence-electron chi connectivity index (χ4n) is 1.89. The Hall–Kier alpha value is -2.10. The van der Waals surface area contributed by atoms with Crippen LogP contribution in [0.3, 0.4) is 0 Å². The number of esters is 1. The first kappa shape index (κ1) is 17.0. The van der Waals surface area contributed by atoms with E-state index < -0.39 is 11.4 Å². The van der Waals surface area contributed by atoms with Crippen LogP contribution in [0.15, 0.2) is 48.1 Å². The lowest BCUT2D eigenvalue weighted by Gasteiger charge is -2.23. The molecule has 114 valence electrons.